The quantitative estimate of drug-likeness (QED) is 0.384. The van der Waals surface area contributed by atoms with Crippen LogP contribution in [0.1, 0.15) is 29.2 Å². The fourth-order valence-corrected chi connectivity index (χ4v) is 3.26. The molecule has 0 saturated carbocycles. The van der Waals surface area contributed by atoms with Crippen LogP contribution in [0.15, 0.2) is 58.3 Å². The number of hydrogen-bond donors (Lipinski definition) is 0. The minimum atomic E-state index is -0.591. The van der Waals surface area contributed by atoms with Crippen LogP contribution in [0, 0.1) is 0 Å². The van der Waals surface area contributed by atoms with Crippen molar-refractivity contribution in [3.05, 3.63) is 75.3 Å². The van der Waals surface area contributed by atoms with E-state index >= 15 is 0 Å². The topological polar surface area (TPSA) is 69.5 Å². The normalized spacial score (nSPS) is 13.6. The van der Waals surface area contributed by atoms with Crippen LogP contribution in [0.25, 0.3) is 6.08 Å². The van der Waals surface area contributed by atoms with Crippen LogP contribution in [-0.2, 0) is 32.2 Å². The van der Waals surface area contributed by atoms with Gasteiger partial charge in [0, 0.05) is 22.6 Å². The van der Waals surface area contributed by atoms with E-state index in [1.165, 1.54) is 19.8 Å². The molecule has 0 atom stereocenters. The molecule has 0 unspecified atom stereocenters. The molecule has 0 spiro atoms. The smallest absolute Gasteiger partial charge is 0.360 e. The Hall–Kier alpha value is -3.12. The molecule has 2 aromatic rings. The van der Waals surface area contributed by atoms with Gasteiger partial charge in [-0.1, -0.05) is 52.2 Å². The van der Waals surface area contributed by atoms with E-state index in [-0.39, 0.29) is 12.3 Å². The molecular formula is C22H21ClN2O4. The van der Waals surface area contributed by atoms with E-state index in [2.05, 4.69) is 16.4 Å². The number of oxime groups is 2. The summed E-state index contributed by atoms with van der Waals surface area (Å²) in [6.07, 6.45) is 2.85. The molecule has 0 bridgehead atoms. The number of rotatable bonds is 7. The zero-order valence-electron chi connectivity index (χ0n) is 16.4. The van der Waals surface area contributed by atoms with Crippen molar-refractivity contribution in [1.82, 2.24) is 0 Å². The summed E-state index contributed by atoms with van der Waals surface area (Å²) < 4.78 is 4.79. The molecule has 0 heterocycles. The Kier molecular flexibility index (Phi) is 6.67. The lowest BCUT2D eigenvalue weighted by atomic mass is 10.0. The highest BCUT2D eigenvalue weighted by atomic mass is 35.5. The maximum absolute atomic E-state index is 12.0. The SMILES string of the molecule is CO/N=C(/C(=O)OC)c1ccccc1CO/N=C(\C)C1=Cc2ccc(Cl)cc2C1. The van der Waals surface area contributed by atoms with Crippen molar-refractivity contribution in [1.29, 1.82) is 0 Å². The van der Waals surface area contributed by atoms with Crippen molar-refractivity contribution in [3.8, 4) is 0 Å². The fraction of sp³-hybridized carbons (Fsp3) is 0.227. The van der Waals surface area contributed by atoms with Gasteiger partial charge < -0.3 is 14.4 Å². The molecular weight excluding hydrogens is 392 g/mol. The Morgan fingerprint density at radius 1 is 1.14 bits per heavy atom. The second-order valence-corrected chi connectivity index (χ2v) is 6.85. The summed E-state index contributed by atoms with van der Waals surface area (Å²) >= 11 is 6.07. The fourth-order valence-electron chi connectivity index (χ4n) is 3.06. The van der Waals surface area contributed by atoms with E-state index in [4.69, 9.17) is 26.0 Å². The summed E-state index contributed by atoms with van der Waals surface area (Å²) in [4.78, 5) is 22.4. The summed E-state index contributed by atoms with van der Waals surface area (Å²) in [7, 11) is 2.66. The number of hydrogen-bond acceptors (Lipinski definition) is 6. The summed E-state index contributed by atoms with van der Waals surface area (Å²) in [6, 6.07) is 13.1. The largest absolute Gasteiger partial charge is 0.464 e. The van der Waals surface area contributed by atoms with Gasteiger partial charge in [-0.15, -0.1) is 0 Å². The number of halogens is 1. The summed E-state index contributed by atoms with van der Waals surface area (Å²) in [5.74, 6) is -0.591. The molecule has 6 nitrogen and oxygen atoms in total. The molecule has 0 amide bonds. The molecule has 29 heavy (non-hydrogen) atoms. The maximum atomic E-state index is 12.0. The molecule has 0 aliphatic heterocycles. The van der Waals surface area contributed by atoms with E-state index in [0.29, 0.717) is 5.56 Å². The minimum absolute atomic E-state index is 0.0701. The van der Waals surface area contributed by atoms with Crippen molar-refractivity contribution >= 4 is 35.1 Å². The highest BCUT2D eigenvalue weighted by Gasteiger charge is 2.19. The lowest BCUT2D eigenvalue weighted by Crippen LogP contribution is -2.19. The van der Waals surface area contributed by atoms with Crippen molar-refractivity contribution in [3.63, 3.8) is 0 Å². The number of fused-ring (bicyclic) bond motifs is 1. The number of esters is 1. The van der Waals surface area contributed by atoms with Crippen molar-refractivity contribution in [2.24, 2.45) is 10.3 Å². The van der Waals surface area contributed by atoms with E-state index in [1.807, 2.05) is 37.3 Å². The first-order valence-corrected chi connectivity index (χ1v) is 9.35. The third-order valence-electron chi connectivity index (χ3n) is 4.54. The summed E-state index contributed by atoms with van der Waals surface area (Å²) in [6.45, 7) is 2.07. The van der Waals surface area contributed by atoms with E-state index in [1.54, 1.807) is 12.1 Å². The van der Waals surface area contributed by atoms with Crippen LogP contribution in [0.5, 0.6) is 0 Å². The molecule has 0 radical (unpaired) electrons. The number of carbonyl (C=O) groups is 1. The van der Waals surface area contributed by atoms with Gasteiger partial charge in [0.05, 0.1) is 12.8 Å². The summed E-state index contributed by atoms with van der Waals surface area (Å²) in [5, 5.41) is 8.76. The molecule has 0 N–H and O–H groups in total. The van der Waals surface area contributed by atoms with Crippen LogP contribution in [0.2, 0.25) is 5.02 Å². The van der Waals surface area contributed by atoms with Gasteiger partial charge in [-0.25, -0.2) is 4.79 Å². The molecule has 0 saturated heterocycles. The number of benzene rings is 2. The molecule has 150 valence electrons. The van der Waals surface area contributed by atoms with Gasteiger partial charge in [0.15, 0.2) is 5.71 Å². The zero-order valence-corrected chi connectivity index (χ0v) is 17.2. The minimum Gasteiger partial charge on any atom is -0.464 e. The van der Waals surface area contributed by atoms with Gasteiger partial charge in [0.2, 0.25) is 0 Å². The van der Waals surface area contributed by atoms with Gasteiger partial charge >= 0.3 is 5.97 Å². The van der Waals surface area contributed by atoms with Crippen LogP contribution < -0.4 is 0 Å². The number of carbonyl (C=O) groups excluding carboxylic acids is 1. The predicted octanol–water partition coefficient (Wildman–Crippen LogP) is 4.40. The first-order chi connectivity index (χ1) is 14.0. The third kappa shape index (κ3) is 4.84. The average molecular weight is 413 g/mol. The average Bonchev–Trinajstić information content (AvgIpc) is 3.15. The molecule has 1 aliphatic rings. The second-order valence-electron chi connectivity index (χ2n) is 6.41. The van der Waals surface area contributed by atoms with Gasteiger partial charge in [-0.2, -0.15) is 0 Å². The van der Waals surface area contributed by atoms with Crippen LogP contribution in [0.4, 0.5) is 0 Å². The Bertz CT molecular complexity index is 1010. The maximum Gasteiger partial charge on any atom is 0.360 e. The first kappa shape index (κ1) is 20.6. The number of methoxy groups -OCH3 is 1. The molecule has 0 fully saturated rings. The van der Waals surface area contributed by atoms with Gasteiger partial charge in [-0.05, 0) is 41.8 Å². The molecule has 1 aliphatic carbocycles. The first-order valence-electron chi connectivity index (χ1n) is 8.97. The van der Waals surface area contributed by atoms with Gasteiger partial charge in [0.1, 0.15) is 13.7 Å². The van der Waals surface area contributed by atoms with Crippen molar-refractivity contribution in [2.45, 2.75) is 20.0 Å². The Morgan fingerprint density at radius 2 is 1.93 bits per heavy atom. The van der Waals surface area contributed by atoms with Crippen LogP contribution in [-0.4, -0.2) is 31.6 Å². The van der Waals surface area contributed by atoms with Crippen molar-refractivity contribution < 1.29 is 19.2 Å². The highest BCUT2D eigenvalue weighted by Crippen LogP contribution is 2.28. The predicted molar refractivity (Wildman–Crippen MR) is 113 cm³/mol. The number of ether oxygens (including phenoxy) is 1. The molecule has 2 aromatic carbocycles. The van der Waals surface area contributed by atoms with E-state index in [9.17, 15) is 4.79 Å². The number of allylic oxidation sites excluding steroid dienone is 1. The molecule has 7 heteroatoms. The van der Waals surface area contributed by atoms with Gasteiger partial charge in [-0.3, -0.25) is 0 Å². The van der Waals surface area contributed by atoms with E-state index < -0.39 is 5.97 Å². The lowest BCUT2D eigenvalue weighted by molar-refractivity contribution is -0.132. The van der Waals surface area contributed by atoms with Crippen molar-refractivity contribution in [2.75, 3.05) is 14.2 Å². The van der Waals surface area contributed by atoms with Gasteiger partial charge in [0.25, 0.3) is 0 Å². The Labute approximate surface area is 174 Å². The molecule has 0 aromatic heterocycles. The standard InChI is InChI=1S/C22H21ClN2O4/c1-14(17-10-15-8-9-19(23)12-18(15)11-17)24-29-13-16-6-4-5-7-20(16)21(25-28-3)22(26)27-2/h4-10,12H,11,13H2,1-3H3/b24-14+,25-21+. The second kappa shape index (κ2) is 9.39. The Balaban J connectivity index is 1.73. The lowest BCUT2D eigenvalue weighted by Gasteiger charge is -2.10. The summed E-state index contributed by atoms with van der Waals surface area (Å²) in [5.41, 5.74) is 5.55. The van der Waals surface area contributed by atoms with E-state index in [0.717, 1.165) is 33.9 Å². The zero-order chi connectivity index (χ0) is 20.8. The highest BCUT2D eigenvalue weighted by molar-refractivity contribution is 6.43. The Morgan fingerprint density at radius 3 is 2.69 bits per heavy atom. The monoisotopic (exact) mass is 412 g/mol. The third-order valence-corrected chi connectivity index (χ3v) is 4.77. The van der Waals surface area contributed by atoms with Crippen LogP contribution >= 0.6 is 11.6 Å². The number of nitrogens with zero attached hydrogens (tertiary/aromatic N) is 2. The van der Waals surface area contributed by atoms with Crippen LogP contribution in [0.3, 0.4) is 0 Å². The molecule has 3 rings (SSSR count).